The summed E-state index contributed by atoms with van der Waals surface area (Å²) in [7, 11) is 0. The van der Waals surface area contributed by atoms with Crippen LogP contribution in [0.4, 0.5) is 5.69 Å². The fraction of sp³-hybridized carbons (Fsp3) is 0.594. The maximum absolute atomic E-state index is 14.5. The number of hydrogen-bond acceptors (Lipinski definition) is 6. The van der Waals surface area contributed by atoms with Crippen molar-refractivity contribution >= 4 is 35.2 Å². The van der Waals surface area contributed by atoms with Crippen LogP contribution in [0, 0.1) is 11.8 Å². The summed E-state index contributed by atoms with van der Waals surface area (Å²) in [4.78, 5) is 48.2. The van der Waals surface area contributed by atoms with Gasteiger partial charge in [-0.3, -0.25) is 14.4 Å². The molecular weight excluding hydrogens is 538 g/mol. The Morgan fingerprint density at radius 1 is 1.10 bits per heavy atom. The molecule has 2 bridgehead atoms. The number of rotatable bonds is 12. The lowest BCUT2D eigenvalue weighted by Crippen LogP contribution is -2.57. The number of nitrogens with zero attached hydrogens (tertiary/aromatic N) is 3. The van der Waals surface area contributed by atoms with E-state index in [0.717, 1.165) is 43.5 Å². The van der Waals surface area contributed by atoms with Gasteiger partial charge in [-0.15, -0.1) is 24.9 Å². The second-order valence-electron chi connectivity index (χ2n) is 11.5. The van der Waals surface area contributed by atoms with Crippen molar-refractivity contribution in [2.24, 2.45) is 11.8 Å². The lowest BCUT2D eigenvalue weighted by atomic mass is 9.70. The number of ether oxygens (including phenoxy) is 1. The highest BCUT2D eigenvalue weighted by Gasteiger charge is 2.74. The van der Waals surface area contributed by atoms with E-state index in [9.17, 15) is 19.5 Å². The first kappa shape index (κ1) is 29.7. The third-order valence-electron chi connectivity index (χ3n) is 9.32. The predicted octanol–water partition coefficient (Wildman–Crippen LogP) is 4.04. The van der Waals surface area contributed by atoms with E-state index in [2.05, 4.69) is 13.2 Å². The lowest BCUT2D eigenvalue weighted by Gasteiger charge is -2.41. The highest BCUT2D eigenvalue weighted by atomic mass is 32.2. The fourth-order valence-corrected chi connectivity index (χ4v) is 9.90. The van der Waals surface area contributed by atoms with Crippen LogP contribution in [0.2, 0.25) is 0 Å². The van der Waals surface area contributed by atoms with Gasteiger partial charge in [-0.05, 0) is 56.9 Å². The van der Waals surface area contributed by atoms with Crippen LogP contribution in [0.5, 0.6) is 5.75 Å². The van der Waals surface area contributed by atoms with Gasteiger partial charge in [-0.1, -0.05) is 31.4 Å². The summed E-state index contributed by atoms with van der Waals surface area (Å²) in [5.74, 6) is -0.778. The molecule has 3 heterocycles. The minimum atomic E-state index is -0.694. The number of β-amino-alcohol motifs (C(OH)–C–C–N with tert-alkyl or cyclic N) is 1. The number of thioether (sulfide) groups is 1. The summed E-state index contributed by atoms with van der Waals surface area (Å²) in [5, 5.41) is 9.93. The molecule has 0 radical (unpaired) electrons. The molecule has 5 atom stereocenters. The SMILES string of the molecule is C=CCN(C(=O)[C@@H]1[C@H]2C(=O)N(CCO)C(C(=O)N(CC=C)C3CCCCC3)C23CC[C@H]1S3)c1ccc(OCC)cc1. The Morgan fingerprint density at radius 3 is 2.44 bits per heavy atom. The van der Waals surface area contributed by atoms with E-state index in [1.807, 2.05) is 36.1 Å². The zero-order valence-corrected chi connectivity index (χ0v) is 24.9. The van der Waals surface area contributed by atoms with Gasteiger partial charge < -0.3 is 24.5 Å². The van der Waals surface area contributed by atoms with Crippen LogP contribution in [-0.2, 0) is 14.4 Å². The van der Waals surface area contributed by atoms with Gasteiger partial charge in [0.15, 0.2) is 0 Å². The van der Waals surface area contributed by atoms with Crippen LogP contribution in [0.25, 0.3) is 0 Å². The molecule has 0 aromatic heterocycles. The Hall–Kier alpha value is -2.78. The monoisotopic (exact) mass is 581 g/mol. The summed E-state index contributed by atoms with van der Waals surface area (Å²) < 4.78 is 4.90. The standard InChI is InChI=1S/C32H43N3O5S/c1-4-18-33(23-12-14-24(15-13-23)40-6-3)29(37)26-25-16-17-32(41-25)27(26)30(38)35(20-21-36)28(32)31(39)34(19-5-2)22-10-8-7-9-11-22/h4-5,12-15,22,25-28,36H,1-2,6-11,16-21H2,3H3/t25-,26+,27+,28?,32?/m1/s1. The number of hydrogen-bond donors (Lipinski definition) is 1. The predicted molar refractivity (Wildman–Crippen MR) is 162 cm³/mol. The highest BCUT2D eigenvalue weighted by molar-refractivity contribution is 8.02. The summed E-state index contributed by atoms with van der Waals surface area (Å²) in [5.41, 5.74) is 0.722. The molecule has 3 saturated heterocycles. The minimum absolute atomic E-state index is 0.0411. The van der Waals surface area contributed by atoms with Crippen LogP contribution in [0.1, 0.15) is 51.9 Å². The molecule has 2 unspecified atom stereocenters. The smallest absolute Gasteiger partial charge is 0.247 e. The number of anilines is 1. The maximum Gasteiger partial charge on any atom is 0.247 e. The third kappa shape index (κ3) is 5.20. The number of aliphatic hydroxyl groups excluding tert-OH is 1. The highest BCUT2D eigenvalue weighted by Crippen LogP contribution is 2.66. The van der Waals surface area contributed by atoms with E-state index >= 15 is 0 Å². The number of benzene rings is 1. The van der Waals surface area contributed by atoms with Gasteiger partial charge in [0.1, 0.15) is 11.8 Å². The molecule has 1 saturated carbocycles. The van der Waals surface area contributed by atoms with E-state index in [1.54, 1.807) is 33.7 Å². The molecule has 9 heteroatoms. The van der Waals surface area contributed by atoms with E-state index < -0.39 is 22.6 Å². The summed E-state index contributed by atoms with van der Waals surface area (Å²) in [6, 6.07) is 6.84. The van der Waals surface area contributed by atoms with Crippen LogP contribution in [0.3, 0.4) is 0 Å². The molecule has 8 nitrogen and oxygen atoms in total. The molecule has 4 aliphatic rings. The van der Waals surface area contributed by atoms with Gasteiger partial charge >= 0.3 is 0 Å². The average Bonchev–Trinajstić information content (AvgIpc) is 3.63. The first-order valence-electron chi connectivity index (χ1n) is 15.1. The van der Waals surface area contributed by atoms with Crippen molar-refractivity contribution in [1.82, 2.24) is 9.80 Å². The molecule has 3 aliphatic heterocycles. The lowest BCUT2D eigenvalue weighted by molar-refractivity contribution is -0.144. The van der Waals surface area contributed by atoms with Crippen molar-refractivity contribution in [1.29, 1.82) is 0 Å². The Morgan fingerprint density at radius 2 is 1.80 bits per heavy atom. The molecular formula is C32H43N3O5S. The van der Waals surface area contributed by atoms with Gasteiger partial charge in [-0.25, -0.2) is 0 Å². The number of aliphatic hydroxyl groups is 1. The maximum atomic E-state index is 14.5. The molecule has 222 valence electrons. The number of amides is 3. The number of carbonyl (C=O) groups excluding carboxylic acids is 3. The zero-order chi connectivity index (χ0) is 29.1. The zero-order valence-electron chi connectivity index (χ0n) is 24.1. The van der Waals surface area contributed by atoms with Gasteiger partial charge in [-0.2, -0.15) is 0 Å². The summed E-state index contributed by atoms with van der Waals surface area (Å²) >= 11 is 1.67. The Balaban J connectivity index is 1.48. The summed E-state index contributed by atoms with van der Waals surface area (Å²) in [6.45, 7) is 10.9. The van der Waals surface area contributed by atoms with Crippen molar-refractivity contribution in [2.75, 3.05) is 37.7 Å². The molecule has 1 aromatic rings. The second-order valence-corrected chi connectivity index (χ2v) is 13.1. The van der Waals surface area contributed by atoms with E-state index in [0.29, 0.717) is 26.1 Å². The molecule has 1 aliphatic carbocycles. The van der Waals surface area contributed by atoms with Crippen LogP contribution < -0.4 is 9.64 Å². The normalized spacial score (nSPS) is 28.8. The fourth-order valence-electron chi connectivity index (χ4n) is 7.69. The Labute approximate surface area is 247 Å². The molecule has 4 fully saturated rings. The Kier molecular flexibility index (Phi) is 9.14. The first-order valence-corrected chi connectivity index (χ1v) is 16.0. The molecule has 5 rings (SSSR count). The minimum Gasteiger partial charge on any atom is -0.494 e. The van der Waals surface area contributed by atoms with Gasteiger partial charge in [0.05, 0.1) is 29.8 Å². The van der Waals surface area contributed by atoms with Crippen LogP contribution in [0.15, 0.2) is 49.6 Å². The van der Waals surface area contributed by atoms with Gasteiger partial charge in [0.2, 0.25) is 17.7 Å². The van der Waals surface area contributed by atoms with E-state index in [1.165, 1.54) is 6.42 Å². The number of likely N-dealkylation sites (tertiary alicyclic amines) is 1. The number of fused-ring (bicyclic) bond motifs is 1. The number of carbonyl (C=O) groups is 3. The molecule has 3 amide bonds. The molecule has 41 heavy (non-hydrogen) atoms. The van der Waals surface area contributed by atoms with Gasteiger partial charge in [0, 0.05) is 36.6 Å². The van der Waals surface area contributed by atoms with Crippen molar-refractivity contribution in [3.05, 3.63) is 49.6 Å². The van der Waals surface area contributed by atoms with Crippen LogP contribution in [-0.4, -0.2) is 87.6 Å². The van der Waals surface area contributed by atoms with Crippen molar-refractivity contribution < 1.29 is 24.2 Å². The summed E-state index contributed by atoms with van der Waals surface area (Å²) in [6.07, 6.45) is 10.2. The van der Waals surface area contributed by atoms with Crippen molar-refractivity contribution in [3.8, 4) is 5.75 Å². The third-order valence-corrected chi connectivity index (χ3v) is 11.3. The largest absolute Gasteiger partial charge is 0.494 e. The van der Waals surface area contributed by atoms with Crippen molar-refractivity contribution in [3.63, 3.8) is 0 Å². The quantitative estimate of drug-likeness (QED) is 0.375. The van der Waals surface area contributed by atoms with Crippen LogP contribution >= 0.6 is 11.8 Å². The second kappa shape index (κ2) is 12.6. The molecule has 1 aromatic carbocycles. The molecule has 1 N–H and O–H groups in total. The van der Waals surface area contributed by atoms with E-state index in [-0.39, 0.29) is 42.2 Å². The van der Waals surface area contributed by atoms with Crippen molar-refractivity contribution in [2.45, 2.75) is 74.0 Å². The van der Waals surface area contributed by atoms with Gasteiger partial charge in [0.25, 0.3) is 0 Å². The molecule has 1 spiro atoms. The average molecular weight is 582 g/mol. The van der Waals surface area contributed by atoms with E-state index in [4.69, 9.17) is 4.74 Å². The Bertz CT molecular complexity index is 1150. The first-order chi connectivity index (χ1) is 19.9. The topological polar surface area (TPSA) is 90.4 Å².